The summed E-state index contributed by atoms with van der Waals surface area (Å²) in [4.78, 5) is 32.9. The van der Waals surface area contributed by atoms with E-state index in [9.17, 15) is 19.2 Å². The van der Waals surface area contributed by atoms with Gasteiger partial charge in [-0.05, 0) is 31.0 Å². The molecule has 1 aliphatic carbocycles. The van der Waals surface area contributed by atoms with Crippen LogP contribution in [-0.2, 0) is 4.79 Å². The number of halogens is 1. The number of nitrogens with zero attached hydrogens (tertiary/aromatic N) is 3. The number of hydrogen-bond acceptors (Lipinski definition) is 7. The van der Waals surface area contributed by atoms with Gasteiger partial charge in [0.1, 0.15) is 17.7 Å². The Hall–Kier alpha value is -4.52. The minimum atomic E-state index is -0.624. The van der Waals surface area contributed by atoms with E-state index in [2.05, 4.69) is 25.9 Å². The molecule has 0 saturated heterocycles. The molecule has 1 saturated carbocycles. The molecule has 2 heterocycles. The number of ether oxygens (including phenoxy) is 1. The summed E-state index contributed by atoms with van der Waals surface area (Å²) in [6, 6.07) is 9.73. The monoisotopic (exact) mass is 460 g/mol. The third-order valence-electron chi connectivity index (χ3n) is 5.29. The Morgan fingerprint density at radius 3 is 2.65 bits per heavy atom. The van der Waals surface area contributed by atoms with Gasteiger partial charge in [0.25, 0.3) is 5.91 Å². The quantitative estimate of drug-likeness (QED) is 0.491. The highest BCUT2D eigenvalue weighted by Crippen LogP contribution is 2.39. The first-order chi connectivity index (χ1) is 16.4. The van der Waals surface area contributed by atoms with Gasteiger partial charge in [-0.3, -0.25) is 14.6 Å². The molecule has 10 heteroatoms. The highest BCUT2D eigenvalue weighted by atomic mass is 19.1. The second-order valence-electron chi connectivity index (χ2n) is 7.63. The van der Waals surface area contributed by atoms with Gasteiger partial charge in [-0.2, -0.15) is 5.26 Å². The number of carbonyl (C=O) groups is 2. The van der Waals surface area contributed by atoms with Crippen molar-refractivity contribution in [1.29, 1.82) is 5.26 Å². The molecule has 2 aromatic heterocycles. The number of amides is 2. The average Bonchev–Trinajstić information content (AvgIpc) is 3.69. The van der Waals surface area contributed by atoms with E-state index in [0.29, 0.717) is 28.5 Å². The molecule has 0 bridgehead atoms. The van der Waals surface area contributed by atoms with Crippen LogP contribution in [0.3, 0.4) is 0 Å². The van der Waals surface area contributed by atoms with Gasteiger partial charge in [-0.15, -0.1) is 0 Å². The van der Waals surface area contributed by atoms with Gasteiger partial charge in [-0.1, -0.05) is 6.07 Å². The lowest BCUT2D eigenvalue weighted by atomic mass is 10.0. The molecule has 1 aromatic carbocycles. The van der Waals surface area contributed by atoms with E-state index in [1.807, 2.05) is 6.07 Å². The Balaban J connectivity index is 1.76. The Labute approximate surface area is 195 Å². The maximum atomic E-state index is 13.6. The van der Waals surface area contributed by atoms with Crippen LogP contribution in [0, 0.1) is 23.1 Å². The fourth-order valence-corrected chi connectivity index (χ4v) is 3.44. The summed E-state index contributed by atoms with van der Waals surface area (Å²) in [7, 11) is 2.95. The van der Waals surface area contributed by atoms with Crippen molar-refractivity contribution >= 4 is 29.0 Å². The number of carbonyl (C=O) groups excluding carboxylic acids is 2. The molecule has 0 aliphatic heterocycles. The van der Waals surface area contributed by atoms with Crippen molar-refractivity contribution in [2.24, 2.45) is 5.92 Å². The largest absolute Gasteiger partial charge is 0.494 e. The summed E-state index contributed by atoms with van der Waals surface area (Å²) in [6.07, 6.45) is 4.09. The Bertz CT molecular complexity index is 1320. The van der Waals surface area contributed by atoms with Crippen LogP contribution in [-0.4, -0.2) is 35.9 Å². The van der Waals surface area contributed by atoms with E-state index >= 15 is 0 Å². The third kappa shape index (κ3) is 4.63. The number of benzene rings is 1. The average molecular weight is 460 g/mol. The summed E-state index contributed by atoms with van der Waals surface area (Å²) < 4.78 is 19.2. The van der Waals surface area contributed by atoms with Crippen molar-refractivity contribution in [1.82, 2.24) is 15.3 Å². The molecule has 3 aromatic rings. The molecule has 3 N–H and O–H groups in total. The highest BCUT2D eigenvalue weighted by Gasteiger charge is 2.30. The van der Waals surface area contributed by atoms with Gasteiger partial charge in [0.2, 0.25) is 5.91 Å². The fraction of sp³-hybridized carbons (Fsp3) is 0.208. The maximum absolute atomic E-state index is 13.6. The van der Waals surface area contributed by atoms with Crippen molar-refractivity contribution in [2.45, 2.75) is 12.8 Å². The molecule has 1 aliphatic rings. The molecule has 172 valence electrons. The number of anilines is 3. The Morgan fingerprint density at radius 2 is 1.97 bits per heavy atom. The van der Waals surface area contributed by atoms with Crippen LogP contribution in [0.4, 0.5) is 21.6 Å². The van der Waals surface area contributed by atoms with Gasteiger partial charge >= 0.3 is 0 Å². The van der Waals surface area contributed by atoms with Gasteiger partial charge in [0, 0.05) is 30.8 Å². The Kier molecular flexibility index (Phi) is 6.36. The van der Waals surface area contributed by atoms with E-state index in [1.165, 1.54) is 20.4 Å². The van der Waals surface area contributed by atoms with Crippen LogP contribution < -0.4 is 20.7 Å². The second kappa shape index (κ2) is 9.54. The third-order valence-corrected chi connectivity index (χ3v) is 5.29. The van der Waals surface area contributed by atoms with Crippen molar-refractivity contribution in [2.75, 3.05) is 24.8 Å². The number of pyridine rings is 2. The summed E-state index contributed by atoms with van der Waals surface area (Å²) in [5, 5.41) is 17.9. The number of para-hydroxylation sites is 1. The number of nitrogens with one attached hydrogen (secondary N) is 3. The predicted molar refractivity (Wildman–Crippen MR) is 123 cm³/mol. The van der Waals surface area contributed by atoms with Gasteiger partial charge in [0.15, 0.2) is 5.75 Å². The highest BCUT2D eigenvalue weighted by molar-refractivity contribution is 6.01. The van der Waals surface area contributed by atoms with Crippen LogP contribution in [0.5, 0.6) is 5.75 Å². The van der Waals surface area contributed by atoms with Crippen LogP contribution in [0.25, 0.3) is 11.3 Å². The normalized spacial score (nSPS) is 12.4. The van der Waals surface area contributed by atoms with Crippen molar-refractivity contribution in [3.8, 4) is 23.1 Å². The number of aromatic nitrogens is 2. The number of nitriles is 1. The minimum absolute atomic E-state index is 0.00820. The zero-order valence-electron chi connectivity index (χ0n) is 18.5. The number of methoxy groups -OCH3 is 1. The zero-order valence-corrected chi connectivity index (χ0v) is 18.5. The van der Waals surface area contributed by atoms with Gasteiger partial charge in [-0.25, -0.2) is 9.37 Å². The standard InChI is InChI=1S/C24H21FN6O3/c1-27-24(33)17-12-28-20(31-23(32)13-6-7-13)9-19(17)30-18-5-3-4-16(22(18)34-2)21-14(10-26)8-15(25)11-29-21/h3-5,8-9,11-13H,6-7H2,1-2H3,(H,27,33)(H2,28,30,31,32). The molecule has 0 unspecified atom stereocenters. The smallest absolute Gasteiger partial charge is 0.254 e. The predicted octanol–water partition coefficient (Wildman–Crippen LogP) is 3.61. The molecule has 0 radical (unpaired) electrons. The molecule has 34 heavy (non-hydrogen) atoms. The van der Waals surface area contributed by atoms with Crippen LogP contribution in [0.15, 0.2) is 42.7 Å². The number of hydrogen-bond donors (Lipinski definition) is 3. The molecule has 4 rings (SSSR count). The van der Waals surface area contributed by atoms with Gasteiger partial charge < -0.3 is 20.7 Å². The molecule has 1 fully saturated rings. The first kappa shape index (κ1) is 22.7. The fourth-order valence-electron chi connectivity index (χ4n) is 3.44. The molecule has 9 nitrogen and oxygen atoms in total. The van der Waals surface area contributed by atoms with Crippen molar-refractivity contribution < 1.29 is 18.7 Å². The molecular formula is C24H21FN6O3. The topological polar surface area (TPSA) is 129 Å². The first-order valence-corrected chi connectivity index (χ1v) is 10.5. The lowest BCUT2D eigenvalue weighted by Gasteiger charge is -2.17. The van der Waals surface area contributed by atoms with Crippen LogP contribution >= 0.6 is 0 Å². The van der Waals surface area contributed by atoms with E-state index < -0.39 is 5.82 Å². The SMILES string of the molecule is CNC(=O)c1cnc(NC(=O)C2CC2)cc1Nc1cccc(-c2ncc(F)cc2C#N)c1OC. The molecule has 0 spiro atoms. The van der Waals surface area contributed by atoms with E-state index in [4.69, 9.17) is 4.74 Å². The van der Waals surface area contributed by atoms with Crippen LogP contribution in [0.2, 0.25) is 0 Å². The second-order valence-corrected chi connectivity index (χ2v) is 7.63. The lowest BCUT2D eigenvalue weighted by Crippen LogP contribution is -2.20. The molecule has 0 atom stereocenters. The summed E-state index contributed by atoms with van der Waals surface area (Å²) in [6.45, 7) is 0. The number of rotatable bonds is 7. The van der Waals surface area contributed by atoms with Crippen molar-refractivity contribution in [3.63, 3.8) is 0 Å². The Morgan fingerprint density at radius 1 is 1.18 bits per heavy atom. The van der Waals surface area contributed by atoms with Crippen LogP contribution in [0.1, 0.15) is 28.8 Å². The molecular weight excluding hydrogens is 439 g/mol. The maximum Gasteiger partial charge on any atom is 0.254 e. The van der Waals surface area contributed by atoms with E-state index in [-0.39, 0.29) is 34.6 Å². The first-order valence-electron chi connectivity index (χ1n) is 10.5. The van der Waals surface area contributed by atoms with E-state index in [0.717, 1.165) is 25.1 Å². The zero-order chi connectivity index (χ0) is 24.2. The van der Waals surface area contributed by atoms with Gasteiger partial charge in [0.05, 0.1) is 41.5 Å². The molecule has 2 amide bonds. The lowest BCUT2D eigenvalue weighted by molar-refractivity contribution is -0.117. The van der Waals surface area contributed by atoms with Crippen molar-refractivity contribution in [3.05, 3.63) is 59.7 Å². The summed E-state index contributed by atoms with van der Waals surface area (Å²) >= 11 is 0. The summed E-state index contributed by atoms with van der Waals surface area (Å²) in [5.41, 5.74) is 1.85. The summed E-state index contributed by atoms with van der Waals surface area (Å²) in [5.74, 6) is -0.489. The van der Waals surface area contributed by atoms with E-state index in [1.54, 1.807) is 24.3 Å². The minimum Gasteiger partial charge on any atom is -0.494 e.